The minimum Gasteiger partial charge on any atom is -0.387 e. The Morgan fingerprint density at radius 1 is 1.40 bits per heavy atom. The summed E-state index contributed by atoms with van der Waals surface area (Å²) in [4.78, 5) is 29.8. The molecule has 0 unspecified atom stereocenters. The highest BCUT2D eigenvalue weighted by Gasteiger charge is 2.46. The average Bonchev–Trinajstić information content (AvgIpc) is 3.05. The third kappa shape index (κ3) is 3.50. The molecular weight excluding hydrogens is 377 g/mol. The molecule has 2 aromatic heterocycles. The smallest absolute Gasteiger partial charge is 0.387 e. The summed E-state index contributed by atoms with van der Waals surface area (Å²) in [7, 11) is -4.74. The van der Waals surface area contributed by atoms with Gasteiger partial charge in [-0.05, 0) is 6.26 Å². The zero-order valence-corrected chi connectivity index (χ0v) is 14.5. The zero-order chi connectivity index (χ0) is 18.4. The molecule has 12 nitrogen and oxygen atoms in total. The zero-order valence-electron chi connectivity index (χ0n) is 12.8. The Kier molecular flexibility index (Phi) is 5.01. The quantitative estimate of drug-likeness (QED) is 0.304. The van der Waals surface area contributed by atoms with E-state index in [0.29, 0.717) is 16.3 Å². The summed E-state index contributed by atoms with van der Waals surface area (Å²) in [5.74, 6) is 0.147. The molecule has 0 bridgehead atoms. The van der Waals surface area contributed by atoms with E-state index in [4.69, 9.17) is 20.3 Å². The fraction of sp³-hybridized carbons (Fsp3) is 0.545. The van der Waals surface area contributed by atoms with Gasteiger partial charge in [-0.1, -0.05) is 11.8 Å². The monoisotopic (exact) mass is 393 g/mol. The number of hydrogen-bond donors (Lipinski definition) is 5. The van der Waals surface area contributed by atoms with E-state index in [1.807, 2.05) is 0 Å². The third-order valence-corrected chi connectivity index (χ3v) is 4.79. The van der Waals surface area contributed by atoms with E-state index in [0.717, 1.165) is 0 Å². The predicted octanol–water partition coefficient (Wildman–Crippen LogP) is -1.14. The molecule has 1 saturated heterocycles. The van der Waals surface area contributed by atoms with E-state index in [2.05, 4.69) is 19.5 Å². The average molecular weight is 393 g/mol. The second-order valence-corrected chi connectivity index (χ2v) is 7.25. The Morgan fingerprint density at radius 2 is 2.12 bits per heavy atom. The normalized spacial score (nSPS) is 27.2. The van der Waals surface area contributed by atoms with E-state index in [9.17, 15) is 14.8 Å². The molecule has 1 fully saturated rings. The maximum Gasteiger partial charge on any atom is 0.469 e. The van der Waals surface area contributed by atoms with Crippen LogP contribution in [0.2, 0.25) is 0 Å². The largest absolute Gasteiger partial charge is 0.469 e. The first-order valence-electron chi connectivity index (χ1n) is 6.97. The molecule has 3 heterocycles. The van der Waals surface area contributed by atoms with Crippen molar-refractivity contribution in [3.05, 3.63) is 6.33 Å². The van der Waals surface area contributed by atoms with Crippen molar-refractivity contribution < 1.29 is 33.8 Å². The van der Waals surface area contributed by atoms with Gasteiger partial charge in [0.15, 0.2) is 28.4 Å². The third-order valence-electron chi connectivity index (χ3n) is 3.65. The van der Waals surface area contributed by atoms with Crippen molar-refractivity contribution in [1.82, 2.24) is 19.5 Å². The molecule has 6 N–H and O–H groups in total. The fourth-order valence-electron chi connectivity index (χ4n) is 2.53. The van der Waals surface area contributed by atoms with Crippen LogP contribution in [0.5, 0.6) is 0 Å². The second kappa shape index (κ2) is 6.78. The molecule has 0 saturated carbocycles. The Labute approximate surface area is 145 Å². The summed E-state index contributed by atoms with van der Waals surface area (Å²) in [6.45, 7) is -0.600. The lowest BCUT2D eigenvalue weighted by Crippen LogP contribution is -2.33. The van der Waals surface area contributed by atoms with Crippen LogP contribution in [0, 0.1) is 0 Å². The number of phosphoric acid groups is 1. The molecule has 1 aliphatic rings. The van der Waals surface area contributed by atoms with Crippen LogP contribution in [0.25, 0.3) is 11.2 Å². The van der Waals surface area contributed by atoms with Crippen molar-refractivity contribution in [2.24, 2.45) is 0 Å². The van der Waals surface area contributed by atoms with Crippen molar-refractivity contribution in [3.63, 3.8) is 0 Å². The van der Waals surface area contributed by atoms with Gasteiger partial charge in [0.25, 0.3) is 0 Å². The number of imidazole rings is 1. The van der Waals surface area contributed by atoms with Gasteiger partial charge in [-0.2, -0.15) is 0 Å². The number of thioether (sulfide) groups is 1. The van der Waals surface area contributed by atoms with Crippen LogP contribution in [0.4, 0.5) is 5.82 Å². The molecule has 2 aromatic rings. The highest BCUT2D eigenvalue weighted by molar-refractivity contribution is 7.98. The Morgan fingerprint density at radius 3 is 2.76 bits per heavy atom. The van der Waals surface area contributed by atoms with E-state index >= 15 is 0 Å². The number of phosphoric ester groups is 1. The maximum atomic E-state index is 10.8. The van der Waals surface area contributed by atoms with Gasteiger partial charge in [0.2, 0.25) is 0 Å². The molecule has 25 heavy (non-hydrogen) atoms. The van der Waals surface area contributed by atoms with E-state index in [-0.39, 0.29) is 5.82 Å². The molecule has 0 spiro atoms. The molecule has 0 radical (unpaired) electrons. The molecule has 3 rings (SSSR count). The van der Waals surface area contributed by atoms with E-state index < -0.39 is 39.0 Å². The minimum absolute atomic E-state index is 0.147. The van der Waals surface area contributed by atoms with Crippen LogP contribution in [0.3, 0.4) is 0 Å². The number of aliphatic hydroxyl groups is 2. The van der Waals surface area contributed by atoms with Crippen LogP contribution in [0.15, 0.2) is 11.5 Å². The lowest BCUT2D eigenvalue weighted by Gasteiger charge is -2.18. The van der Waals surface area contributed by atoms with Crippen molar-refractivity contribution in [2.45, 2.75) is 29.7 Å². The summed E-state index contributed by atoms with van der Waals surface area (Å²) in [5.41, 5.74) is 6.39. The molecule has 4 atom stereocenters. The van der Waals surface area contributed by atoms with Crippen molar-refractivity contribution >= 4 is 36.6 Å². The topological polar surface area (TPSA) is 186 Å². The van der Waals surface area contributed by atoms with Gasteiger partial charge in [-0.15, -0.1) is 0 Å². The van der Waals surface area contributed by atoms with Crippen LogP contribution in [-0.2, 0) is 13.8 Å². The van der Waals surface area contributed by atoms with Crippen molar-refractivity contribution in [2.75, 3.05) is 18.6 Å². The lowest BCUT2D eigenvalue weighted by atomic mass is 10.1. The van der Waals surface area contributed by atoms with Crippen molar-refractivity contribution in [3.8, 4) is 0 Å². The summed E-state index contributed by atoms with van der Waals surface area (Å²) in [6, 6.07) is 0. The highest BCUT2D eigenvalue weighted by Crippen LogP contribution is 2.40. The number of fused-ring (bicyclic) bond motifs is 1. The summed E-state index contributed by atoms with van der Waals surface area (Å²) in [5, 5.41) is 20.8. The van der Waals surface area contributed by atoms with Gasteiger partial charge in [0, 0.05) is 0 Å². The van der Waals surface area contributed by atoms with E-state index in [1.165, 1.54) is 22.7 Å². The first-order valence-corrected chi connectivity index (χ1v) is 9.72. The SMILES string of the molecule is CSc1nc2c(N)ncnc2n1[C@@H]1O[C@H](COP(=O)(O)O)[C@@H](O)[C@H]1O. The Balaban J connectivity index is 1.95. The fourth-order valence-corrected chi connectivity index (χ4v) is 3.44. The summed E-state index contributed by atoms with van der Waals surface area (Å²) < 4.78 is 22.2. The second-order valence-electron chi connectivity index (χ2n) is 5.23. The van der Waals surface area contributed by atoms with E-state index in [1.54, 1.807) is 6.26 Å². The van der Waals surface area contributed by atoms with Crippen LogP contribution >= 0.6 is 19.6 Å². The number of hydrogen-bond acceptors (Lipinski definition) is 10. The Bertz CT molecular complexity index is 828. The molecule has 0 aromatic carbocycles. The molecular formula is C11H16N5O7PS. The van der Waals surface area contributed by atoms with Gasteiger partial charge >= 0.3 is 7.82 Å². The molecule has 14 heteroatoms. The molecule has 138 valence electrons. The van der Waals surface area contributed by atoms with Gasteiger partial charge in [0.05, 0.1) is 6.61 Å². The first-order chi connectivity index (χ1) is 11.7. The number of nitrogen functional groups attached to an aromatic ring is 1. The number of anilines is 1. The Hall–Kier alpha value is -1.31. The van der Waals surface area contributed by atoms with Gasteiger partial charge in [-0.3, -0.25) is 9.09 Å². The van der Waals surface area contributed by atoms with Crippen LogP contribution < -0.4 is 5.73 Å². The molecule has 0 aliphatic carbocycles. The number of nitrogens with zero attached hydrogens (tertiary/aromatic N) is 4. The summed E-state index contributed by atoms with van der Waals surface area (Å²) in [6.07, 6.45) is -2.10. The number of nitrogens with two attached hydrogens (primary N) is 1. The van der Waals surface area contributed by atoms with Gasteiger partial charge < -0.3 is 30.5 Å². The summed E-state index contributed by atoms with van der Waals surface area (Å²) >= 11 is 1.24. The number of rotatable bonds is 5. The lowest BCUT2D eigenvalue weighted by molar-refractivity contribution is -0.0541. The standard InChI is InChI=1S/C11H16N5O7PS/c1-25-11-15-5-8(12)13-3-14-9(5)16(11)10-7(18)6(17)4(23-10)2-22-24(19,20)21/h3-4,6-7,10,17-18H,2H2,1H3,(H2,12,13,14)(H2,19,20,21)/t4-,6-,7-,10-/m1/s1. The maximum absolute atomic E-state index is 10.8. The van der Waals surface area contributed by atoms with Gasteiger partial charge in [0.1, 0.15) is 24.6 Å². The number of ether oxygens (including phenoxy) is 1. The predicted molar refractivity (Wildman–Crippen MR) is 85.4 cm³/mol. The van der Waals surface area contributed by atoms with Crippen LogP contribution in [0.1, 0.15) is 6.23 Å². The first kappa shape index (κ1) is 18.5. The molecule has 0 amide bonds. The van der Waals surface area contributed by atoms with Crippen LogP contribution in [-0.4, -0.2) is 70.7 Å². The number of aliphatic hydroxyl groups excluding tert-OH is 2. The highest BCUT2D eigenvalue weighted by atomic mass is 32.2. The number of aromatic nitrogens is 4. The minimum atomic E-state index is -4.74. The molecule has 1 aliphatic heterocycles. The van der Waals surface area contributed by atoms with Crippen molar-refractivity contribution in [1.29, 1.82) is 0 Å². The van der Waals surface area contributed by atoms with Gasteiger partial charge in [-0.25, -0.2) is 19.5 Å².